The second kappa shape index (κ2) is 5.65. The van der Waals surface area contributed by atoms with Gasteiger partial charge in [-0.25, -0.2) is 8.42 Å². The van der Waals surface area contributed by atoms with Crippen molar-refractivity contribution in [2.45, 2.75) is 12.3 Å². The van der Waals surface area contributed by atoms with Gasteiger partial charge in [-0.05, 0) is 17.0 Å². The van der Waals surface area contributed by atoms with Crippen LogP contribution >= 0.6 is 11.3 Å². The van der Waals surface area contributed by atoms with Crippen LogP contribution in [0.2, 0.25) is 0 Å². The quantitative estimate of drug-likeness (QED) is 0.845. The van der Waals surface area contributed by atoms with E-state index in [0.717, 1.165) is 10.4 Å². The van der Waals surface area contributed by atoms with Gasteiger partial charge in [0, 0.05) is 18.5 Å². The first-order valence-corrected chi connectivity index (χ1v) is 8.07. The van der Waals surface area contributed by atoms with Crippen molar-refractivity contribution in [1.29, 1.82) is 0 Å². The molecule has 0 spiro atoms. The van der Waals surface area contributed by atoms with Crippen molar-refractivity contribution >= 4 is 21.4 Å². The van der Waals surface area contributed by atoms with Crippen molar-refractivity contribution in [3.05, 3.63) is 58.3 Å². The molecule has 3 nitrogen and oxygen atoms in total. The summed E-state index contributed by atoms with van der Waals surface area (Å²) in [5.41, 5.74) is 0.815. The third kappa shape index (κ3) is 3.41. The molecule has 2 rings (SSSR count). The van der Waals surface area contributed by atoms with E-state index in [0.29, 0.717) is 6.54 Å². The predicted octanol–water partition coefficient (Wildman–Crippen LogP) is 2.71. The highest BCUT2D eigenvalue weighted by Crippen LogP contribution is 2.15. The fourth-order valence-corrected chi connectivity index (χ4v) is 3.62. The zero-order valence-electron chi connectivity index (χ0n) is 10.1. The summed E-state index contributed by atoms with van der Waals surface area (Å²) in [5.74, 6) is 0.0513. The first-order chi connectivity index (χ1) is 8.58. The maximum Gasteiger partial charge on any atom is 0.218 e. The molecule has 5 heteroatoms. The fourth-order valence-electron chi connectivity index (χ4n) is 1.62. The van der Waals surface area contributed by atoms with Crippen LogP contribution in [0, 0.1) is 0 Å². The van der Waals surface area contributed by atoms with Crippen LogP contribution in [0.1, 0.15) is 10.4 Å². The highest BCUT2D eigenvalue weighted by atomic mass is 32.2. The van der Waals surface area contributed by atoms with E-state index in [2.05, 4.69) is 0 Å². The molecule has 0 unspecified atom stereocenters. The zero-order chi connectivity index (χ0) is 13.0. The Labute approximate surface area is 112 Å². The molecule has 96 valence electrons. The Morgan fingerprint density at radius 2 is 1.83 bits per heavy atom. The highest BCUT2D eigenvalue weighted by molar-refractivity contribution is 7.88. The molecule has 0 aliphatic rings. The molecule has 1 aromatic carbocycles. The Bertz CT molecular complexity index is 577. The van der Waals surface area contributed by atoms with Gasteiger partial charge in [0.05, 0.1) is 5.75 Å². The number of benzene rings is 1. The van der Waals surface area contributed by atoms with Crippen LogP contribution in [0.4, 0.5) is 0 Å². The van der Waals surface area contributed by atoms with Crippen LogP contribution in [0.3, 0.4) is 0 Å². The smallest absolute Gasteiger partial charge is 0.212 e. The molecular weight excluding hydrogens is 266 g/mol. The molecule has 0 fully saturated rings. The van der Waals surface area contributed by atoms with E-state index < -0.39 is 10.0 Å². The number of sulfonamides is 1. The average molecular weight is 281 g/mol. The summed E-state index contributed by atoms with van der Waals surface area (Å²) in [6.07, 6.45) is 0. The summed E-state index contributed by atoms with van der Waals surface area (Å²) >= 11 is 1.57. The Kier molecular flexibility index (Phi) is 4.16. The van der Waals surface area contributed by atoms with Crippen LogP contribution in [0.15, 0.2) is 47.8 Å². The first-order valence-electron chi connectivity index (χ1n) is 5.58. The van der Waals surface area contributed by atoms with Crippen molar-refractivity contribution in [2.75, 3.05) is 7.05 Å². The van der Waals surface area contributed by atoms with Gasteiger partial charge in [-0.3, -0.25) is 0 Å². The molecule has 0 amide bonds. The van der Waals surface area contributed by atoms with Gasteiger partial charge in [-0.1, -0.05) is 36.4 Å². The zero-order valence-corrected chi connectivity index (χ0v) is 11.7. The van der Waals surface area contributed by atoms with E-state index >= 15 is 0 Å². The van der Waals surface area contributed by atoms with Crippen molar-refractivity contribution in [2.24, 2.45) is 0 Å². The standard InChI is InChI=1S/C13H15NO2S2/c1-14(10-13-8-5-9-17-13)18(15,16)11-12-6-3-2-4-7-12/h2-9H,10-11H2,1H3. The highest BCUT2D eigenvalue weighted by Gasteiger charge is 2.18. The van der Waals surface area contributed by atoms with Gasteiger partial charge in [0.1, 0.15) is 0 Å². The van der Waals surface area contributed by atoms with Crippen LogP contribution in [0.25, 0.3) is 0 Å². The summed E-state index contributed by atoms with van der Waals surface area (Å²) in [7, 11) is -1.63. The molecule has 0 saturated carbocycles. The lowest BCUT2D eigenvalue weighted by atomic mass is 10.2. The molecule has 18 heavy (non-hydrogen) atoms. The van der Waals surface area contributed by atoms with E-state index in [1.165, 1.54) is 4.31 Å². The summed E-state index contributed by atoms with van der Waals surface area (Å²) in [6.45, 7) is 0.437. The molecule has 0 atom stereocenters. The molecule has 0 bridgehead atoms. The Hall–Kier alpha value is -1.17. The van der Waals surface area contributed by atoms with Gasteiger partial charge in [0.2, 0.25) is 10.0 Å². The van der Waals surface area contributed by atoms with Crippen molar-refractivity contribution in [1.82, 2.24) is 4.31 Å². The number of thiophene rings is 1. The van der Waals surface area contributed by atoms with Crippen LogP contribution in [-0.2, 0) is 22.3 Å². The van der Waals surface area contributed by atoms with Gasteiger partial charge in [0.25, 0.3) is 0 Å². The molecule has 0 aliphatic carbocycles. The van der Waals surface area contributed by atoms with Gasteiger partial charge in [-0.15, -0.1) is 11.3 Å². The maximum absolute atomic E-state index is 12.2. The van der Waals surface area contributed by atoms with E-state index in [1.807, 2.05) is 47.8 Å². The topological polar surface area (TPSA) is 37.4 Å². The third-order valence-electron chi connectivity index (χ3n) is 2.63. The number of nitrogens with zero attached hydrogens (tertiary/aromatic N) is 1. The molecule has 1 heterocycles. The largest absolute Gasteiger partial charge is 0.218 e. The van der Waals surface area contributed by atoms with Crippen molar-refractivity contribution < 1.29 is 8.42 Å². The molecule has 0 saturated heterocycles. The normalized spacial score (nSPS) is 11.9. The maximum atomic E-state index is 12.2. The lowest BCUT2D eigenvalue weighted by Crippen LogP contribution is -2.27. The molecule has 0 N–H and O–H groups in total. The van der Waals surface area contributed by atoms with Crippen LogP contribution < -0.4 is 0 Å². The second-order valence-corrected chi connectivity index (χ2v) is 7.19. The summed E-state index contributed by atoms with van der Waals surface area (Å²) in [6, 6.07) is 13.1. The molecule has 1 aromatic heterocycles. The van der Waals surface area contributed by atoms with Crippen LogP contribution in [-0.4, -0.2) is 19.8 Å². The van der Waals surface area contributed by atoms with Crippen LogP contribution in [0.5, 0.6) is 0 Å². The van der Waals surface area contributed by atoms with E-state index in [4.69, 9.17) is 0 Å². The Balaban J connectivity index is 2.06. The average Bonchev–Trinajstić information content (AvgIpc) is 2.82. The number of hydrogen-bond donors (Lipinski definition) is 0. The molecular formula is C13H15NO2S2. The number of rotatable bonds is 5. The third-order valence-corrected chi connectivity index (χ3v) is 5.26. The lowest BCUT2D eigenvalue weighted by molar-refractivity contribution is 0.469. The summed E-state index contributed by atoms with van der Waals surface area (Å²) in [5, 5.41) is 1.95. The van der Waals surface area contributed by atoms with E-state index in [-0.39, 0.29) is 5.75 Å². The molecule has 0 aliphatic heterocycles. The fraction of sp³-hybridized carbons (Fsp3) is 0.231. The Morgan fingerprint density at radius 3 is 2.44 bits per heavy atom. The van der Waals surface area contributed by atoms with Crippen molar-refractivity contribution in [3.63, 3.8) is 0 Å². The minimum absolute atomic E-state index is 0.0513. The van der Waals surface area contributed by atoms with Gasteiger partial charge >= 0.3 is 0 Å². The predicted molar refractivity (Wildman–Crippen MR) is 74.9 cm³/mol. The lowest BCUT2D eigenvalue weighted by Gasteiger charge is -2.16. The summed E-state index contributed by atoms with van der Waals surface area (Å²) in [4.78, 5) is 1.05. The second-order valence-electron chi connectivity index (χ2n) is 4.08. The minimum atomic E-state index is -3.25. The van der Waals surface area contributed by atoms with Gasteiger partial charge in [0.15, 0.2) is 0 Å². The molecule has 0 radical (unpaired) electrons. The van der Waals surface area contributed by atoms with Crippen molar-refractivity contribution in [3.8, 4) is 0 Å². The van der Waals surface area contributed by atoms with E-state index in [1.54, 1.807) is 18.4 Å². The van der Waals surface area contributed by atoms with Gasteiger partial charge in [-0.2, -0.15) is 4.31 Å². The van der Waals surface area contributed by atoms with E-state index in [9.17, 15) is 8.42 Å². The first kappa shape index (κ1) is 13.3. The summed E-state index contributed by atoms with van der Waals surface area (Å²) < 4.78 is 25.7. The van der Waals surface area contributed by atoms with Gasteiger partial charge < -0.3 is 0 Å². The monoisotopic (exact) mass is 281 g/mol. The minimum Gasteiger partial charge on any atom is -0.212 e. The number of hydrogen-bond acceptors (Lipinski definition) is 3. The Morgan fingerprint density at radius 1 is 1.11 bits per heavy atom. The molecule has 2 aromatic rings. The SMILES string of the molecule is CN(Cc1cccs1)S(=O)(=O)Cc1ccccc1.